The van der Waals surface area contributed by atoms with Crippen molar-refractivity contribution < 1.29 is 9.53 Å². The second kappa shape index (κ2) is 5.01. The lowest BCUT2D eigenvalue weighted by molar-refractivity contribution is 0.0905. The molecule has 1 unspecified atom stereocenters. The number of carbonyl (C=O) groups is 1. The average molecular weight is 232 g/mol. The maximum absolute atomic E-state index is 11.9. The summed E-state index contributed by atoms with van der Waals surface area (Å²) in [5, 5.41) is 3.92. The number of carbonyl (C=O) groups excluding carboxylic acids is 1. The van der Waals surface area contributed by atoms with E-state index in [1.54, 1.807) is 7.11 Å². The maximum atomic E-state index is 11.9. The molecule has 0 fully saturated rings. The van der Waals surface area contributed by atoms with Gasteiger partial charge in [-0.05, 0) is 31.2 Å². The van der Waals surface area contributed by atoms with Gasteiger partial charge >= 0.3 is 0 Å². The Bertz CT molecular complexity index is 519. The summed E-state index contributed by atoms with van der Waals surface area (Å²) < 4.78 is 4.98. The molecule has 1 aromatic heterocycles. The smallest absolute Gasteiger partial charge is 0.251 e. The second-order valence-corrected chi connectivity index (χ2v) is 4.11. The molecule has 0 radical (unpaired) electrons. The van der Waals surface area contributed by atoms with E-state index < -0.39 is 0 Å². The molecule has 0 aliphatic carbocycles. The summed E-state index contributed by atoms with van der Waals surface area (Å²) in [5.74, 6) is -0.0716. The highest BCUT2D eigenvalue weighted by molar-refractivity contribution is 5.98. The quantitative estimate of drug-likeness (QED) is 0.846. The molecule has 90 valence electrons. The third kappa shape index (κ3) is 2.65. The monoisotopic (exact) mass is 232 g/mol. The summed E-state index contributed by atoms with van der Waals surface area (Å²) in [4.78, 5) is 15.0. The first-order chi connectivity index (χ1) is 8.20. The van der Waals surface area contributed by atoms with E-state index in [4.69, 9.17) is 4.74 Å². The molecule has 17 heavy (non-hydrogen) atoms. The van der Waals surface area contributed by atoms with Crippen LogP contribution in [-0.2, 0) is 4.74 Å². The largest absolute Gasteiger partial charge is 0.383 e. The van der Waals surface area contributed by atoms with E-state index in [2.05, 4.69) is 10.3 Å². The SMILES string of the molecule is COCC(C)NC(=O)c1ccc2[nH]ccc2c1. The lowest BCUT2D eigenvalue weighted by Gasteiger charge is -2.12. The first kappa shape index (κ1) is 11.7. The van der Waals surface area contributed by atoms with Crippen LogP contribution in [0.3, 0.4) is 0 Å². The zero-order chi connectivity index (χ0) is 12.3. The Kier molecular flexibility index (Phi) is 3.44. The van der Waals surface area contributed by atoms with Crippen LogP contribution in [0.4, 0.5) is 0 Å². The third-order valence-corrected chi connectivity index (χ3v) is 2.61. The van der Waals surface area contributed by atoms with E-state index in [1.165, 1.54) is 0 Å². The van der Waals surface area contributed by atoms with Crippen LogP contribution in [0.2, 0.25) is 0 Å². The summed E-state index contributed by atoms with van der Waals surface area (Å²) in [6.07, 6.45) is 1.86. The third-order valence-electron chi connectivity index (χ3n) is 2.61. The summed E-state index contributed by atoms with van der Waals surface area (Å²) in [6.45, 7) is 2.42. The number of hydrogen-bond donors (Lipinski definition) is 2. The molecule has 4 heteroatoms. The molecule has 0 aliphatic heterocycles. The highest BCUT2D eigenvalue weighted by atomic mass is 16.5. The number of rotatable bonds is 4. The topological polar surface area (TPSA) is 54.1 Å². The number of aromatic nitrogens is 1. The standard InChI is InChI=1S/C13H16N2O2/c1-9(8-17-2)15-13(16)11-3-4-12-10(7-11)5-6-14-12/h3-7,9,14H,8H2,1-2H3,(H,15,16). The van der Waals surface area contributed by atoms with E-state index in [1.807, 2.05) is 37.4 Å². The van der Waals surface area contributed by atoms with Crippen LogP contribution in [0, 0.1) is 0 Å². The highest BCUT2D eigenvalue weighted by Gasteiger charge is 2.09. The van der Waals surface area contributed by atoms with Crippen LogP contribution >= 0.6 is 0 Å². The zero-order valence-electron chi connectivity index (χ0n) is 9.99. The fraction of sp³-hybridized carbons (Fsp3) is 0.308. The van der Waals surface area contributed by atoms with E-state index in [9.17, 15) is 4.79 Å². The molecule has 0 saturated heterocycles. The minimum Gasteiger partial charge on any atom is -0.383 e. The van der Waals surface area contributed by atoms with Crippen molar-refractivity contribution in [3.63, 3.8) is 0 Å². The van der Waals surface area contributed by atoms with Gasteiger partial charge in [-0.25, -0.2) is 0 Å². The number of ether oxygens (including phenoxy) is 1. The number of fused-ring (bicyclic) bond motifs is 1. The van der Waals surface area contributed by atoms with Gasteiger partial charge < -0.3 is 15.0 Å². The van der Waals surface area contributed by atoms with Crippen LogP contribution in [0.5, 0.6) is 0 Å². The van der Waals surface area contributed by atoms with Crippen molar-refractivity contribution in [1.29, 1.82) is 0 Å². The normalized spacial score (nSPS) is 12.6. The second-order valence-electron chi connectivity index (χ2n) is 4.11. The molecule has 0 aliphatic rings. The zero-order valence-corrected chi connectivity index (χ0v) is 9.99. The van der Waals surface area contributed by atoms with Crippen molar-refractivity contribution in [2.24, 2.45) is 0 Å². The van der Waals surface area contributed by atoms with Crippen LogP contribution in [0.25, 0.3) is 10.9 Å². The van der Waals surface area contributed by atoms with Gasteiger partial charge in [0, 0.05) is 35.8 Å². The summed E-state index contributed by atoms with van der Waals surface area (Å²) >= 11 is 0. The Balaban J connectivity index is 2.13. The predicted octanol–water partition coefficient (Wildman–Crippen LogP) is 1.93. The number of H-pyrrole nitrogens is 1. The van der Waals surface area contributed by atoms with Crippen LogP contribution < -0.4 is 5.32 Å². The average Bonchev–Trinajstić information content (AvgIpc) is 2.75. The Morgan fingerprint density at radius 3 is 3.06 bits per heavy atom. The molecule has 0 saturated carbocycles. The van der Waals surface area contributed by atoms with Crippen molar-refractivity contribution >= 4 is 16.8 Å². The molecule has 1 atom stereocenters. The molecule has 2 aromatic rings. The predicted molar refractivity (Wildman–Crippen MR) is 67.1 cm³/mol. The van der Waals surface area contributed by atoms with Crippen molar-refractivity contribution in [3.8, 4) is 0 Å². The molecule has 0 bridgehead atoms. The molecule has 1 amide bonds. The van der Waals surface area contributed by atoms with E-state index in [-0.39, 0.29) is 11.9 Å². The first-order valence-electron chi connectivity index (χ1n) is 5.57. The van der Waals surface area contributed by atoms with E-state index >= 15 is 0 Å². The first-order valence-corrected chi connectivity index (χ1v) is 5.57. The number of hydrogen-bond acceptors (Lipinski definition) is 2. The Labute approximate surface area is 100.0 Å². The summed E-state index contributed by atoms with van der Waals surface area (Å²) in [6, 6.07) is 7.55. The number of benzene rings is 1. The molecular formula is C13H16N2O2. The molecule has 0 spiro atoms. The lowest BCUT2D eigenvalue weighted by atomic mass is 10.1. The van der Waals surface area contributed by atoms with Crippen LogP contribution in [0.15, 0.2) is 30.5 Å². The summed E-state index contributed by atoms with van der Waals surface area (Å²) in [5.41, 5.74) is 1.70. The molecule has 2 N–H and O–H groups in total. The van der Waals surface area contributed by atoms with Gasteiger partial charge in [0.05, 0.1) is 6.61 Å². The van der Waals surface area contributed by atoms with Gasteiger partial charge in [-0.2, -0.15) is 0 Å². The fourth-order valence-corrected chi connectivity index (χ4v) is 1.79. The number of nitrogens with one attached hydrogen (secondary N) is 2. The molecule has 1 heterocycles. The van der Waals surface area contributed by atoms with E-state index in [0.717, 1.165) is 10.9 Å². The molecule has 4 nitrogen and oxygen atoms in total. The Morgan fingerprint density at radius 2 is 2.29 bits per heavy atom. The molecular weight excluding hydrogens is 216 g/mol. The minimum atomic E-state index is -0.0716. The summed E-state index contributed by atoms with van der Waals surface area (Å²) in [7, 11) is 1.62. The van der Waals surface area contributed by atoms with Gasteiger partial charge in [0.15, 0.2) is 0 Å². The van der Waals surface area contributed by atoms with Gasteiger partial charge in [-0.1, -0.05) is 0 Å². The number of methoxy groups -OCH3 is 1. The van der Waals surface area contributed by atoms with Gasteiger partial charge in [0.1, 0.15) is 0 Å². The number of aromatic amines is 1. The Hall–Kier alpha value is -1.81. The molecule has 1 aromatic carbocycles. The minimum absolute atomic E-state index is 0.00872. The van der Waals surface area contributed by atoms with Gasteiger partial charge in [0.2, 0.25) is 0 Å². The highest BCUT2D eigenvalue weighted by Crippen LogP contribution is 2.14. The van der Waals surface area contributed by atoms with Crippen molar-refractivity contribution in [3.05, 3.63) is 36.0 Å². The van der Waals surface area contributed by atoms with Gasteiger partial charge in [-0.15, -0.1) is 0 Å². The van der Waals surface area contributed by atoms with Crippen molar-refractivity contribution in [2.75, 3.05) is 13.7 Å². The lowest BCUT2D eigenvalue weighted by Crippen LogP contribution is -2.35. The van der Waals surface area contributed by atoms with Gasteiger partial charge in [-0.3, -0.25) is 4.79 Å². The molecule has 2 rings (SSSR count). The van der Waals surface area contributed by atoms with Gasteiger partial charge in [0.25, 0.3) is 5.91 Å². The fourth-order valence-electron chi connectivity index (χ4n) is 1.79. The van der Waals surface area contributed by atoms with Crippen molar-refractivity contribution in [2.45, 2.75) is 13.0 Å². The van der Waals surface area contributed by atoms with E-state index in [0.29, 0.717) is 12.2 Å². The maximum Gasteiger partial charge on any atom is 0.251 e. The van der Waals surface area contributed by atoms with Crippen LogP contribution in [0.1, 0.15) is 17.3 Å². The Morgan fingerprint density at radius 1 is 1.47 bits per heavy atom. The van der Waals surface area contributed by atoms with Crippen LogP contribution in [-0.4, -0.2) is 30.6 Å². The number of amides is 1. The van der Waals surface area contributed by atoms with Crippen molar-refractivity contribution in [1.82, 2.24) is 10.3 Å².